The molecule has 0 amide bonds. The van der Waals surface area contributed by atoms with Gasteiger partial charge in [0.2, 0.25) is 0 Å². The Morgan fingerprint density at radius 1 is 1.55 bits per heavy atom. The van der Waals surface area contributed by atoms with Crippen molar-refractivity contribution in [3.05, 3.63) is 0 Å². The molecule has 0 aromatic heterocycles. The van der Waals surface area contributed by atoms with Crippen molar-refractivity contribution in [2.24, 2.45) is 0 Å². The summed E-state index contributed by atoms with van der Waals surface area (Å²) in [6.45, 7) is 4.31. The zero-order valence-corrected chi connectivity index (χ0v) is 7.17. The van der Waals surface area contributed by atoms with Crippen molar-refractivity contribution in [2.45, 2.75) is 39.2 Å². The van der Waals surface area contributed by atoms with Gasteiger partial charge in [-0.05, 0) is 13.3 Å². The van der Waals surface area contributed by atoms with Crippen LogP contribution in [0.5, 0.6) is 0 Å². The summed E-state index contributed by atoms with van der Waals surface area (Å²) in [6.07, 6.45) is 1.95. The predicted molar refractivity (Wildman–Crippen MR) is 42.6 cm³/mol. The Morgan fingerprint density at radius 3 is 2.55 bits per heavy atom. The van der Waals surface area contributed by atoms with E-state index in [0.29, 0.717) is 13.0 Å². The van der Waals surface area contributed by atoms with Gasteiger partial charge < -0.3 is 9.84 Å². The summed E-state index contributed by atoms with van der Waals surface area (Å²) in [6, 6.07) is 0. The minimum Gasteiger partial charge on any atom is -0.479 e. The number of carboxylic acids is 1. The molecule has 0 heterocycles. The first-order valence-corrected chi connectivity index (χ1v) is 4.06. The topological polar surface area (TPSA) is 46.5 Å². The van der Waals surface area contributed by atoms with Crippen molar-refractivity contribution in [1.29, 1.82) is 0 Å². The van der Waals surface area contributed by atoms with Crippen LogP contribution in [0.25, 0.3) is 0 Å². The smallest absolute Gasteiger partial charge is 0.332 e. The highest BCUT2D eigenvalue weighted by Gasteiger charge is 2.15. The molecule has 3 heteroatoms. The Hall–Kier alpha value is -0.570. The summed E-state index contributed by atoms with van der Waals surface area (Å²) in [4.78, 5) is 10.5. The fourth-order valence-electron chi connectivity index (χ4n) is 0.869. The van der Waals surface area contributed by atoms with E-state index in [1.807, 2.05) is 13.8 Å². The van der Waals surface area contributed by atoms with Crippen molar-refractivity contribution in [2.75, 3.05) is 6.61 Å². The molecule has 0 unspecified atom stereocenters. The van der Waals surface area contributed by atoms with E-state index in [4.69, 9.17) is 9.84 Å². The van der Waals surface area contributed by atoms with Gasteiger partial charge in [0.05, 0.1) is 0 Å². The number of rotatable bonds is 6. The molecule has 0 radical (unpaired) electrons. The molecule has 3 nitrogen and oxygen atoms in total. The van der Waals surface area contributed by atoms with Crippen LogP contribution in [0.3, 0.4) is 0 Å². The van der Waals surface area contributed by atoms with E-state index in [2.05, 4.69) is 0 Å². The molecular formula is C8H16O3. The van der Waals surface area contributed by atoms with Crippen LogP contribution < -0.4 is 0 Å². The maximum atomic E-state index is 10.5. The number of carboxylic acid groups (broad SMARTS) is 1. The third-order valence-corrected chi connectivity index (χ3v) is 1.46. The van der Waals surface area contributed by atoms with Gasteiger partial charge >= 0.3 is 5.97 Å². The van der Waals surface area contributed by atoms with Crippen molar-refractivity contribution < 1.29 is 14.6 Å². The third kappa shape index (κ3) is 4.79. The van der Waals surface area contributed by atoms with Crippen LogP contribution in [0, 0.1) is 0 Å². The molecule has 0 bridgehead atoms. The van der Waals surface area contributed by atoms with E-state index in [-0.39, 0.29) is 0 Å². The molecule has 0 aliphatic carbocycles. The molecule has 0 aliphatic heterocycles. The number of unbranched alkanes of at least 4 members (excludes halogenated alkanes) is 1. The zero-order valence-electron chi connectivity index (χ0n) is 7.17. The summed E-state index contributed by atoms with van der Waals surface area (Å²) in [5.41, 5.74) is 0. The Kier molecular flexibility index (Phi) is 5.84. The number of carbonyl (C=O) groups is 1. The van der Waals surface area contributed by atoms with Gasteiger partial charge in [0.1, 0.15) is 0 Å². The summed E-state index contributed by atoms with van der Waals surface area (Å²) >= 11 is 0. The van der Waals surface area contributed by atoms with Crippen LogP contribution in [0.15, 0.2) is 0 Å². The second-order valence-electron chi connectivity index (χ2n) is 2.42. The summed E-state index contributed by atoms with van der Waals surface area (Å²) in [7, 11) is 0. The van der Waals surface area contributed by atoms with Gasteiger partial charge in [0.15, 0.2) is 6.10 Å². The van der Waals surface area contributed by atoms with Crippen molar-refractivity contribution >= 4 is 5.97 Å². The van der Waals surface area contributed by atoms with Gasteiger partial charge in [-0.15, -0.1) is 0 Å². The van der Waals surface area contributed by atoms with Crippen LogP contribution in [0.1, 0.15) is 33.1 Å². The van der Waals surface area contributed by atoms with Gasteiger partial charge in [-0.1, -0.05) is 19.8 Å². The third-order valence-electron chi connectivity index (χ3n) is 1.46. The van der Waals surface area contributed by atoms with Crippen molar-refractivity contribution in [1.82, 2.24) is 0 Å². The van der Waals surface area contributed by atoms with E-state index in [1.54, 1.807) is 0 Å². The van der Waals surface area contributed by atoms with Crippen LogP contribution >= 0.6 is 0 Å². The quantitative estimate of drug-likeness (QED) is 0.642. The second-order valence-corrected chi connectivity index (χ2v) is 2.42. The van der Waals surface area contributed by atoms with Crippen LogP contribution in [0.2, 0.25) is 0 Å². The highest BCUT2D eigenvalue weighted by Crippen LogP contribution is 2.04. The minimum atomic E-state index is -0.847. The van der Waals surface area contributed by atoms with Gasteiger partial charge in [-0.3, -0.25) is 0 Å². The van der Waals surface area contributed by atoms with Crippen LogP contribution in [-0.4, -0.2) is 23.8 Å². The molecule has 1 atom stereocenters. The maximum absolute atomic E-state index is 10.5. The molecule has 1 N–H and O–H groups in total. The number of hydrogen-bond donors (Lipinski definition) is 1. The highest BCUT2D eigenvalue weighted by molar-refractivity contribution is 5.72. The Bertz CT molecular complexity index is 112. The molecule has 0 aliphatic rings. The molecule has 0 aromatic rings. The first kappa shape index (κ1) is 10.4. The van der Waals surface area contributed by atoms with E-state index in [0.717, 1.165) is 12.8 Å². The largest absolute Gasteiger partial charge is 0.479 e. The standard InChI is InChI=1S/C8H16O3/c1-3-5-6-7(8(9)10)11-4-2/h7H,3-6H2,1-2H3,(H,9,10)/t7-/m1/s1. The van der Waals surface area contributed by atoms with E-state index >= 15 is 0 Å². The number of ether oxygens (including phenoxy) is 1. The van der Waals surface area contributed by atoms with E-state index < -0.39 is 12.1 Å². The first-order chi connectivity index (χ1) is 5.22. The monoisotopic (exact) mass is 160 g/mol. The molecule has 0 fully saturated rings. The molecule has 11 heavy (non-hydrogen) atoms. The number of hydrogen-bond acceptors (Lipinski definition) is 2. The van der Waals surface area contributed by atoms with Crippen molar-refractivity contribution in [3.63, 3.8) is 0 Å². The maximum Gasteiger partial charge on any atom is 0.332 e. The summed E-state index contributed by atoms with van der Waals surface area (Å²) < 4.78 is 5.01. The lowest BCUT2D eigenvalue weighted by Crippen LogP contribution is -2.23. The average molecular weight is 160 g/mol. The summed E-state index contributed by atoms with van der Waals surface area (Å²) in [5.74, 6) is -0.847. The van der Waals surface area contributed by atoms with Gasteiger partial charge in [-0.2, -0.15) is 0 Å². The fourth-order valence-corrected chi connectivity index (χ4v) is 0.869. The Morgan fingerprint density at radius 2 is 2.18 bits per heavy atom. The normalized spacial score (nSPS) is 12.9. The van der Waals surface area contributed by atoms with Crippen molar-refractivity contribution in [3.8, 4) is 0 Å². The van der Waals surface area contributed by atoms with Crippen LogP contribution in [-0.2, 0) is 9.53 Å². The SMILES string of the molecule is CCCC[C@@H](OCC)C(=O)O. The zero-order chi connectivity index (χ0) is 8.69. The first-order valence-electron chi connectivity index (χ1n) is 4.06. The summed E-state index contributed by atoms with van der Waals surface area (Å²) in [5, 5.41) is 8.61. The molecule has 0 spiro atoms. The molecule has 0 aromatic carbocycles. The minimum absolute atomic E-state index is 0.473. The Balaban J connectivity index is 3.60. The van der Waals surface area contributed by atoms with E-state index in [9.17, 15) is 4.79 Å². The second kappa shape index (κ2) is 6.16. The van der Waals surface area contributed by atoms with Gasteiger partial charge in [0.25, 0.3) is 0 Å². The van der Waals surface area contributed by atoms with Crippen LogP contribution in [0.4, 0.5) is 0 Å². The lowest BCUT2D eigenvalue weighted by atomic mass is 10.1. The molecule has 0 rings (SSSR count). The lowest BCUT2D eigenvalue weighted by molar-refractivity contribution is -0.150. The Labute approximate surface area is 67.4 Å². The number of aliphatic carboxylic acids is 1. The molecule has 0 saturated heterocycles. The highest BCUT2D eigenvalue weighted by atomic mass is 16.5. The lowest BCUT2D eigenvalue weighted by Gasteiger charge is -2.10. The van der Waals surface area contributed by atoms with E-state index in [1.165, 1.54) is 0 Å². The molecule has 66 valence electrons. The molecular weight excluding hydrogens is 144 g/mol. The van der Waals surface area contributed by atoms with Gasteiger partial charge in [0, 0.05) is 6.61 Å². The van der Waals surface area contributed by atoms with Gasteiger partial charge in [-0.25, -0.2) is 4.79 Å². The average Bonchev–Trinajstić information content (AvgIpc) is 1.97. The fraction of sp³-hybridized carbons (Fsp3) is 0.875. The molecule has 0 saturated carbocycles. The predicted octanol–water partition coefficient (Wildman–Crippen LogP) is 1.67.